The average Bonchev–Trinajstić information content (AvgIpc) is 2.81. The molecular weight excluding hydrogens is 249 g/mol. The Bertz CT molecular complexity index is 624. The van der Waals surface area contributed by atoms with E-state index in [1.165, 1.54) is 12.1 Å². The van der Waals surface area contributed by atoms with Gasteiger partial charge in [-0.25, -0.2) is 4.39 Å². The Morgan fingerprint density at radius 1 is 1.42 bits per heavy atom. The summed E-state index contributed by atoms with van der Waals surface area (Å²) in [6.07, 6.45) is 0. The third-order valence-corrected chi connectivity index (χ3v) is 2.86. The van der Waals surface area contributed by atoms with E-state index in [1.807, 2.05) is 0 Å². The Labute approximate surface area is 109 Å². The molecule has 0 saturated heterocycles. The molecule has 1 amide bonds. The van der Waals surface area contributed by atoms with Crippen LogP contribution in [-0.2, 0) is 13.2 Å². The van der Waals surface area contributed by atoms with Crippen molar-refractivity contribution in [2.24, 2.45) is 0 Å². The molecule has 2 heterocycles. The van der Waals surface area contributed by atoms with E-state index in [1.54, 1.807) is 22.9 Å². The van der Waals surface area contributed by atoms with Crippen LogP contribution in [0.3, 0.4) is 0 Å². The fourth-order valence-corrected chi connectivity index (χ4v) is 1.97. The number of benzene rings is 1. The summed E-state index contributed by atoms with van der Waals surface area (Å²) in [4.78, 5) is 11.6. The highest BCUT2D eigenvalue weighted by Crippen LogP contribution is 2.15. The minimum Gasteiger partial charge on any atom is -0.487 e. The van der Waals surface area contributed by atoms with E-state index in [4.69, 9.17) is 4.74 Å². The normalized spacial score (nSPS) is 13.8. The molecule has 0 radical (unpaired) electrons. The van der Waals surface area contributed by atoms with Crippen LogP contribution < -0.4 is 10.1 Å². The van der Waals surface area contributed by atoms with Gasteiger partial charge in [-0.3, -0.25) is 9.48 Å². The van der Waals surface area contributed by atoms with Crippen molar-refractivity contribution in [1.82, 2.24) is 15.1 Å². The number of ether oxygens (including phenoxy) is 1. The second-order valence-corrected chi connectivity index (χ2v) is 4.25. The van der Waals surface area contributed by atoms with Crippen LogP contribution in [0.2, 0.25) is 0 Å². The van der Waals surface area contributed by atoms with E-state index < -0.39 is 0 Å². The molecule has 19 heavy (non-hydrogen) atoms. The van der Waals surface area contributed by atoms with Crippen LogP contribution in [0.25, 0.3) is 0 Å². The maximum Gasteiger partial charge on any atom is 0.269 e. The molecule has 3 rings (SSSR count). The van der Waals surface area contributed by atoms with Crippen LogP contribution in [0.1, 0.15) is 16.2 Å². The predicted octanol–water partition coefficient (Wildman–Crippen LogP) is 1.34. The highest BCUT2D eigenvalue weighted by molar-refractivity contribution is 5.93. The molecule has 0 saturated carbocycles. The van der Waals surface area contributed by atoms with Crippen molar-refractivity contribution in [2.75, 3.05) is 6.54 Å². The van der Waals surface area contributed by atoms with Gasteiger partial charge < -0.3 is 10.1 Å². The standard InChI is InChI=1S/C13H12FN3O2/c14-9-2-1-3-11(6-9)19-8-10-7-12-13(18)15-4-5-17(12)16-10/h1-3,6-7H,4-5,8H2,(H,15,18). The highest BCUT2D eigenvalue weighted by atomic mass is 19.1. The van der Waals surface area contributed by atoms with Crippen LogP contribution >= 0.6 is 0 Å². The topological polar surface area (TPSA) is 56.2 Å². The van der Waals surface area contributed by atoms with E-state index in [2.05, 4.69) is 10.4 Å². The smallest absolute Gasteiger partial charge is 0.269 e. The summed E-state index contributed by atoms with van der Waals surface area (Å²) in [6.45, 7) is 1.44. The predicted molar refractivity (Wildman–Crippen MR) is 65.3 cm³/mol. The van der Waals surface area contributed by atoms with Crippen molar-refractivity contribution in [3.8, 4) is 5.75 Å². The molecular formula is C13H12FN3O2. The van der Waals surface area contributed by atoms with Crippen LogP contribution in [0, 0.1) is 5.82 Å². The number of halogens is 1. The van der Waals surface area contributed by atoms with Gasteiger partial charge >= 0.3 is 0 Å². The first-order valence-corrected chi connectivity index (χ1v) is 5.96. The molecule has 98 valence electrons. The van der Waals surface area contributed by atoms with E-state index >= 15 is 0 Å². The molecule has 2 aromatic rings. The van der Waals surface area contributed by atoms with E-state index in [0.29, 0.717) is 30.2 Å². The lowest BCUT2D eigenvalue weighted by Gasteiger charge is -2.13. The van der Waals surface area contributed by atoms with Crippen molar-refractivity contribution in [2.45, 2.75) is 13.2 Å². The molecule has 0 aliphatic carbocycles. The lowest BCUT2D eigenvalue weighted by atomic mass is 10.3. The maximum absolute atomic E-state index is 13.0. The summed E-state index contributed by atoms with van der Waals surface area (Å²) in [6, 6.07) is 7.60. The van der Waals surface area contributed by atoms with Crippen LogP contribution in [0.4, 0.5) is 4.39 Å². The van der Waals surface area contributed by atoms with Gasteiger partial charge in [0.1, 0.15) is 29.6 Å². The van der Waals surface area contributed by atoms with Crippen molar-refractivity contribution in [3.63, 3.8) is 0 Å². The van der Waals surface area contributed by atoms with E-state index in [-0.39, 0.29) is 18.3 Å². The largest absolute Gasteiger partial charge is 0.487 e. The van der Waals surface area contributed by atoms with Crippen molar-refractivity contribution >= 4 is 5.91 Å². The zero-order valence-electron chi connectivity index (χ0n) is 10.1. The number of carbonyl (C=O) groups excluding carboxylic acids is 1. The first-order chi connectivity index (χ1) is 9.22. The molecule has 0 atom stereocenters. The van der Waals surface area contributed by atoms with Crippen molar-refractivity contribution in [1.29, 1.82) is 0 Å². The lowest BCUT2D eigenvalue weighted by Crippen LogP contribution is -2.35. The highest BCUT2D eigenvalue weighted by Gasteiger charge is 2.19. The molecule has 1 aromatic carbocycles. The second kappa shape index (κ2) is 4.72. The third-order valence-electron chi connectivity index (χ3n) is 2.86. The third kappa shape index (κ3) is 2.42. The summed E-state index contributed by atoms with van der Waals surface area (Å²) in [5, 5.41) is 7.02. The SMILES string of the molecule is O=C1NCCn2nc(COc3cccc(F)c3)cc21. The summed E-state index contributed by atoms with van der Waals surface area (Å²) in [5.74, 6) is -0.0350. The number of amides is 1. The second-order valence-electron chi connectivity index (χ2n) is 4.25. The maximum atomic E-state index is 13.0. The fourth-order valence-electron chi connectivity index (χ4n) is 1.97. The summed E-state index contributed by atoms with van der Waals surface area (Å²) < 4.78 is 20.1. The Hall–Kier alpha value is -2.37. The van der Waals surface area contributed by atoms with Crippen molar-refractivity contribution < 1.29 is 13.9 Å². The van der Waals surface area contributed by atoms with Crippen molar-refractivity contribution in [3.05, 3.63) is 47.5 Å². The van der Waals surface area contributed by atoms with Gasteiger partial charge in [0.2, 0.25) is 0 Å². The van der Waals surface area contributed by atoms with Gasteiger partial charge in [-0.15, -0.1) is 0 Å². The average molecular weight is 261 g/mol. The Morgan fingerprint density at radius 3 is 3.11 bits per heavy atom. The van der Waals surface area contributed by atoms with Crippen LogP contribution in [0.5, 0.6) is 5.75 Å². The fraction of sp³-hybridized carbons (Fsp3) is 0.231. The van der Waals surface area contributed by atoms with Gasteiger partial charge in [0.15, 0.2) is 0 Å². The minimum atomic E-state index is -0.346. The summed E-state index contributed by atoms with van der Waals surface area (Å²) >= 11 is 0. The van der Waals surface area contributed by atoms with Gasteiger partial charge in [0.05, 0.1) is 6.54 Å². The Morgan fingerprint density at radius 2 is 2.32 bits per heavy atom. The van der Waals surface area contributed by atoms with Gasteiger partial charge in [0.25, 0.3) is 5.91 Å². The molecule has 0 bridgehead atoms. The lowest BCUT2D eigenvalue weighted by molar-refractivity contribution is 0.0924. The molecule has 0 fully saturated rings. The molecule has 1 aromatic heterocycles. The van der Waals surface area contributed by atoms with E-state index in [9.17, 15) is 9.18 Å². The Balaban J connectivity index is 1.72. The van der Waals surface area contributed by atoms with Crippen LogP contribution in [0.15, 0.2) is 30.3 Å². The van der Waals surface area contributed by atoms with Gasteiger partial charge in [0, 0.05) is 12.6 Å². The number of nitrogens with zero attached hydrogens (tertiary/aromatic N) is 2. The number of hydrogen-bond acceptors (Lipinski definition) is 3. The van der Waals surface area contributed by atoms with Gasteiger partial charge in [-0.2, -0.15) is 5.10 Å². The number of rotatable bonds is 3. The quantitative estimate of drug-likeness (QED) is 0.907. The summed E-state index contributed by atoms with van der Waals surface area (Å²) in [7, 11) is 0. The molecule has 0 spiro atoms. The molecule has 1 N–H and O–H groups in total. The van der Waals surface area contributed by atoms with Crippen LogP contribution in [-0.4, -0.2) is 22.2 Å². The molecule has 6 heteroatoms. The Kier molecular flexibility index (Phi) is 2.91. The minimum absolute atomic E-state index is 0.129. The number of carbonyl (C=O) groups is 1. The zero-order valence-corrected chi connectivity index (χ0v) is 10.1. The first kappa shape index (κ1) is 11.7. The first-order valence-electron chi connectivity index (χ1n) is 5.96. The summed E-state index contributed by atoms with van der Waals surface area (Å²) in [5.41, 5.74) is 1.18. The van der Waals surface area contributed by atoms with Gasteiger partial charge in [-0.05, 0) is 18.2 Å². The number of aromatic nitrogens is 2. The monoisotopic (exact) mass is 261 g/mol. The number of fused-ring (bicyclic) bond motifs is 1. The number of hydrogen-bond donors (Lipinski definition) is 1. The molecule has 0 unspecified atom stereocenters. The molecule has 1 aliphatic rings. The van der Waals surface area contributed by atoms with Gasteiger partial charge in [-0.1, -0.05) is 6.07 Å². The number of nitrogens with one attached hydrogen (secondary N) is 1. The molecule has 5 nitrogen and oxygen atoms in total. The zero-order chi connectivity index (χ0) is 13.2. The molecule has 1 aliphatic heterocycles. The van der Waals surface area contributed by atoms with E-state index in [0.717, 1.165) is 0 Å².